The van der Waals surface area contributed by atoms with Gasteiger partial charge in [-0.05, 0) is 59.7 Å². The number of alkyl halides is 6. The summed E-state index contributed by atoms with van der Waals surface area (Å²) in [6.07, 6.45) is -8.47. The Morgan fingerprint density at radius 3 is 2.45 bits per heavy atom. The molecular weight excluding hydrogens is 604 g/mol. The third-order valence-electron chi connectivity index (χ3n) is 5.96. The molecule has 0 aliphatic heterocycles. The van der Waals surface area contributed by atoms with Gasteiger partial charge in [-0.2, -0.15) is 18.2 Å². The molecular formula is C27H24F6N5O6+. The zero-order valence-corrected chi connectivity index (χ0v) is 23.0. The topological polar surface area (TPSA) is 122 Å². The number of rotatable bonds is 11. The Morgan fingerprint density at radius 2 is 1.80 bits per heavy atom. The molecule has 4 aromatic rings. The first kappa shape index (κ1) is 32.0. The number of carbonyl (C=O) groups excluding carboxylic acids is 1. The van der Waals surface area contributed by atoms with Crippen molar-refractivity contribution in [1.82, 2.24) is 14.7 Å². The van der Waals surface area contributed by atoms with Gasteiger partial charge in [0.25, 0.3) is 11.4 Å². The normalized spacial score (nSPS) is 11.8. The number of pyridine rings is 2. The van der Waals surface area contributed by atoms with Crippen LogP contribution in [-0.2, 0) is 16.1 Å². The second kappa shape index (κ2) is 13.2. The highest BCUT2D eigenvalue weighted by Crippen LogP contribution is 2.26. The summed E-state index contributed by atoms with van der Waals surface area (Å²) in [6.45, 7) is 2.26. The Morgan fingerprint density at radius 1 is 1.07 bits per heavy atom. The predicted molar refractivity (Wildman–Crippen MR) is 139 cm³/mol. The molecule has 234 valence electrons. The number of nitrogens with one attached hydrogen (secondary N) is 1. The van der Waals surface area contributed by atoms with Crippen LogP contribution in [0.4, 0.5) is 32.2 Å². The monoisotopic (exact) mass is 628 g/mol. The summed E-state index contributed by atoms with van der Waals surface area (Å²) in [5.41, 5.74) is 0.775. The van der Waals surface area contributed by atoms with Crippen molar-refractivity contribution in [3.63, 3.8) is 0 Å². The van der Waals surface area contributed by atoms with Crippen LogP contribution in [0.3, 0.4) is 0 Å². The first-order valence-corrected chi connectivity index (χ1v) is 12.7. The third-order valence-corrected chi connectivity index (χ3v) is 5.96. The van der Waals surface area contributed by atoms with Crippen LogP contribution in [0.15, 0.2) is 64.0 Å². The molecule has 0 amide bonds. The second-order valence-electron chi connectivity index (χ2n) is 9.17. The fraction of sp³-hybridized carbons (Fsp3) is 0.296. The average Bonchev–Trinajstić information content (AvgIpc) is 3.43. The number of hydrogen-bond acceptors (Lipinski definition) is 9. The van der Waals surface area contributed by atoms with Gasteiger partial charge in [-0.3, -0.25) is 10.1 Å². The third kappa shape index (κ3) is 8.12. The number of methoxy groups -OCH3 is 1. The predicted octanol–water partition coefficient (Wildman–Crippen LogP) is 4.07. The summed E-state index contributed by atoms with van der Waals surface area (Å²) in [7, 11) is 1.49. The van der Waals surface area contributed by atoms with Gasteiger partial charge in [0.15, 0.2) is 0 Å². The Labute approximate surface area is 244 Å². The van der Waals surface area contributed by atoms with E-state index in [0.29, 0.717) is 34.6 Å². The van der Waals surface area contributed by atoms with E-state index in [0.717, 1.165) is 18.3 Å². The van der Waals surface area contributed by atoms with E-state index in [2.05, 4.69) is 25.0 Å². The molecule has 0 fully saturated rings. The summed E-state index contributed by atoms with van der Waals surface area (Å²) in [5.74, 6) is -2.98. The van der Waals surface area contributed by atoms with Crippen molar-refractivity contribution in [3.05, 3.63) is 76.3 Å². The molecule has 0 aliphatic carbocycles. The molecule has 0 aliphatic rings. The number of anilines is 1. The summed E-state index contributed by atoms with van der Waals surface area (Å²) < 4.78 is 91.8. The van der Waals surface area contributed by atoms with Gasteiger partial charge in [-0.1, -0.05) is 5.16 Å². The molecule has 1 N–H and O–H groups in total. The standard InChI is InChI=1S/C27H23F6N5O6/c1-16-4-9-20(23-35-22(36-43-23)18-5-7-19(8-6-18)42-27(31,32)33)24(39)37(16)15-17-10-12-38(44-25(40)26(28,29)30)21(14-17)34-11-3-13-41-2/h4-10,12,14H,3,11,13,15H2,1-2H3/p+1. The van der Waals surface area contributed by atoms with Crippen molar-refractivity contribution >= 4 is 11.8 Å². The van der Waals surface area contributed by atoms with Crippen molar-refractivity contribution in [3.8, 4) is 28.6 Å². The van der Waals surface area contributed by atoms with Crippen molar-refractivity contribution in [2.75, 3.05) is 25.6 Å². The van der Waals surface area contributed by atoms with Crippen molar-refractivity contribution in [2.24, 2.45) is 0 Å². The number of ether oxygens (including phenoxy) is 2. The van der Waals surface area contributed by atoms with E-state index in [4.69, 9.17) is 9.26 Å². The smallest absolute Gasteiger partial charge is 0.406 e. The number of carbonyl (C=O) groups is 1. The van der Waals surface area contributed by atoms with E-state index in [1.807, 2.05) is 0 Å². The lowest BCUT2D eigenvalue weighted by Crippen LogP contribution is -2.51. The quantitative estimate of drug-likeness (QED) is 0.149. The molecule has 17 heteroatoms. The molecule has 0 atom stereocenters. The van der Waals surface area contributed by atoms with Crippen molar-refractivity contribution in [1.29, 1.82) is 0 Å². The van der Waals surface area contributed by atoms with E-state index >= 15 is 0 Å². The van der Waals surface area contributed by atoms with Crippen LogP contribution >= 0.6 is 0 Å². The van der Waals surface area contributed by atoms with Gasteiger partial charge >= 0.3 is 24.3 Å². The lowest BCUT2D eigenvalue weighted by Gasteiger charge is -2.13. The number of hydrogen-bond donors (Lipinski definition) is 1. The van der Waals surface area contributed by atoms with E-state index in [1.54, 1.807) is 13.0 Å². The lowest BCUT2D eigenvalue weighted by atomic mass is 10.2. The minimum Gasteiger partial charge on any atom is -0.406 e. The van der Waals surface area contributed by atoms with E-state index in [1.165, 1.54) is 42.0 Å². The van der Waals surface area contributed by atoms with Gasteiger partial charge in [-0.15, -0.1) is 13.2 Å². The van der Waals surface area contributed by atoms with Crippen LogP contribution in [0.1, 0.15) is 17.7 Å². The number of aryl methyl sites for hydroxylation is 1. The zero-order chi connectivity index (χ0) is 32.1. The maximum Gasteiger partial charge on any atom is 0.573 e. The summed E-state index contributed by atoms with van der Waals surface area (Å²) in [4.78, 5) is 33.5. The molecule has 4 rings (SSSR count). The molecule has 0 saturated carbocycles. The van der Waals surface area contributed by atoms with E-state index in [-0.39, 0.29) is 36.2 Å². The maximum atomic E-state index is 13.5. The lowest BCUT2D eigenvalue weighted by molar-refractivity contribution is -0.859. The van der Waals surface area contributed by atoms with Gasteiger partial charge in [0, 0.05) is 37.5 Å². The fourth-order valence-electron chi connectivity index (χ4n) is 3.88. The highest BCUT2D eigenvalue weighted by Gasteiger charge is 2.44. The van der Waals surface area contributed by atoms with Gasteiger partial charge in [-0.25, -0.2) is 9.63 Å². The van der Waals surface area contributed by atoms with Gasteiger partial charge in [0.1, 0.15) is 17.5 Å². The van der Waals surface area contributed by atoms with Crippen LogP contribution in [-0.4, -0.2) is 53.5 Å². The number of aromatic nitrogens is 4. The van der Waals surface area contributed by atoms with Crippen LogP contribution in [0.5, 0.6) is 5.75 Å². The summed E-state index contributed by atoms with van der Waals surface area (Å²) >= 11 is 0. The fourth-order valence-corrected chi connectivity index (χ4v) is 3.88. The minimum atomic E-state index is -5.22. The summed E-state index contributed by atoms with van der Waals surface area (Å²) in [5, 5.41) is 6.69. The minimum absolute atomic E-state index is 0.00953. The molecule has 0 saturated heterocycles. The molecule has 0 unspecified atom stereocenters. The SMILES string of the molecule is COCCCNc1cc(Cn2c(C)ccc(-c3nc(-c4ccc(OC(F)(F)F)cc4)no3)c2=O)cc[n+]1OC(=O)C(F)(F)F. The largest absolute Gasteiger partial charge is 0.573 e. The summed E-state index contributed by atoms with van der Waals surface area (Å²) in [6, 6.07) is 10.6. The first-order chi connectivity index (χ1) is 20.7. The second-order valence-corrected chi connectivity index (χ2v) is 9.17. The van der Waals surface area contributed by atoms with Crippen LogP contribution in [0.2, 0.25) is 0 Å². The Bertz CT molecular complexity index is 1670. The van der Waals surface area contributed by atoms with Crippen molar-refractivity contribution in [2.45, 2.75) is 32.4 Å². The van der Waals surface area contributed by atoms with Crippen LogP contribution < -0.4 is 25.2 Å². The van der Waals surface area contributed by atoms with Crippen LogP contribution in [0, 0.1) is 6.92 Å². The van der Waals surface area contributed by atoms with E-state index in [9.17, 15) is 35.9 Å². The number of benzene rings is 1. The number of halogens is 6. The number of nitrogens with zero attached hydrogens (tertiary/aromatic N) is 4. The molecule has 0 spiro atoms. The highest BCUT2D eigenvalue weighted by molar-refractivity contribution is 5.75. The molecule has 0 bridgehead atoms. The van der Waals surface area contributed by atoms with E-state index < -0.39 is 29.8 Å². The molecule has 0 radical (unpaired) electrons. The van der Waals surface area contributed by atoms with Crippen molar-refractivity contribution < 1.29 is 54.7 Å². The van der Waals surface area contributed by atoms with Crippen LogP contribution in [0.25, 0.3) is 22.8 Å². The van der Waals surface area contributed by atoms with Gasteiger partial charge in [0.2, 0.25) is 5.82 Å². The average molecular weight is 629 g/mol. The van der Waals surface area contributed by atoms with Gasteiger partial charge < -0.3 is 18.6 Å². The zero-order valence-electron chi connectivity index (χ0n) is 23.0. The molecule has 3 aromatic heterocycles. The Hall–Kier alpha value is -4.93. The maximum absolute atomic E-state index is 13.5. The molecule has 3 heterocycles. The first-order valence-electron chi connectivity index (χ1n) is 12.7. The molecule has 1 aromatic carbocycles. The Kier molecular flexibility index (Phi) is 9.56. The molecule has 11 nitrogen and oxygen atoms in total. The van der Waals surface area contributed by atoms with Gasteiger partial charge in [0.05, 0.1) is 13.1 Å². The molecule has 44 heavy (non-hydrogen) atoms. The Balaban J connectivity index is 1.59. The highest BCUT2D eigenvalue weighted by atomic mass is 19.4.